The molecule has 1 aliphatic heterocycles. The highest BCUT2D eigenvalue weighted by Crippen LogP contribution is 2.38. The van der Waals surface area contributed by atoms with Gasteiger partial charge < -0.3 is 21.3 Å². The van der Waals surface area contributed by atoms with Gasteiger partial charge in [-0.2, -0.15) is 0 Å². The SMILES string of the molecule is CCCCNC(=O)NCc1ccc(CC)c(C/C=C/C=C2\NC(=O)CC(CCC3CCCCC3)(CC3CCCCC3)N2)c1. The summed E-state index contributed by atoms with van der Waals surface area (Å²) in [6.45, 7) is 5.53. The third kappa shape index (κ3) is 11.0. The Morgan fingerprint density at radius 1 is 0.977 bits per heavy atom. The number of benzene rings is 1. The molecular formula is C37H58N4O2. The Labute approximate surface area is 261 Å². The molecule has 0 radical (unpaired) electrons. The van der Waals surface area contributed by atoms with Crippen LogP contribution >= 0.6 is 0 Å². The zero-order valence-electron chi connectivity index (χ0n) is 27.1. The molecule has 0 spiro atoms. The largest absolute Gasteiger partial charge is 0.366 e. The predicted molar refractivity (Wildman–Crippen MR) is 178 cm³/mol. The van der Waals surface area contributed by atoms with E-state index in [4.69, 9.17) is 0 Å². The molecule has 1 atom stereocenters. The first-order chi connectivity index (χ1) is 21.0. The maximum absolute atomic E-state index is 13.1. The molecule has 238 valence electrons. The van der Waals surface area contributed by atoms with Gasteiger partial charge in [0.25, 0.3) is 0 Å². The predicted octanol–water partition coefficient (Wildman–Crippen LogP) is 7.97. The molecule has 3 aliphatic rings. The van der Waals surface area contributed by atoms with Crippen LogP contribution in [0.1, 0.15) is 133 Å². The Kier molecular flexibility index (Phi) is 13.5. The van der Waals surface area contributed by atoms with Crippen LogP contribution in [0.15, 0.2) is 42.2 Å². The summed E-state index contributed by atoms with van der Waals surface area (Å²) >= 11 is 0. The number of carbonyl (C=O) groups excluding carboxylic acids is 2. The van der Waals surface area contributed by atoms with Gasteiger partial charge in [-0.1, -0.05) is 115 Å². The normalized spacial score (nSPS) is 22.8. The van der Waals surface area contributed by atoms with E-state index >= 15 is 0 Å². The molecule has 4 N–H and O–H groups in total. The molecule has 3 fully saturated rings. The van der Waals surface area contributed by atoms with Crippen molar-refractivity contribution in [3.05, 3.63) is 58.9 Å². The van der Waals surface area contributed by atoms with Crippen molar-refractivity contribution in [1.82, 2.24) is 21.3 Å². The highest BCUT2D eigenvalue weighted by Gasteiger charge is 2.39. The molecule has 2 aliphatic carbocycles. The highest BCUT2D eigenvalue weighted by molar-refractivity contribution is 5.80. The van der Waals surface area contributed by atoms with Crippen molar-refractivity contribution >= 4 is 11.9 Å². The van der Waals surface area contributed by atoms with E-state index in [0.717, 1.165) is 61.7 Å². The van der Waals surface area contributed by atoms with Gasteiger partial charge in [-0.25, -0.2) is 4.79 Å². The summed E-state index contributed by atoms with van der Waals surface area (Å²) in [5, 5.41) is 12.9. The van der Waals surface area contributed by atoms with Crippen molar-refractivity contribution in [1.29, 1.82) is 0 Å². The Morgan fingerprint density at radius 3 is 2.44 bits per heavy atom. The second kappa shape index (κ2) is 17.5. The quantitative estimate of drug-likeness (QED) is 0.166. The number of unbranched alkanes of at least 4 members (excludes halogenated alkanes) is 1. The molecule has 1 aromatic rings. The minimum Gasteiger partial charge on any atom is -0.366 e. The number of nitrogens with one attached hydrogen (secondary N) is 4. The van der Waals surface area contributed by atoms with Crippen LogP contribution in [0.25, 0.3) is 0 Å². The lowest BCUT2D eigenvalue weighted by Gasteiger charge is -2.43. The third-order valence-electron chi connectivity index (χ3n) is 9.99. The lowest BCUT2D eigenvalue weighted by Crippen LogP contribution is -2.57. The number of rotatable bonds is 14. The molecule has 1 aromatic carbocycles. The van der Waals surface area contributed by atoms with E-state index in [1.165, 1.54) is 81.8 Å². The average Bonchev–Trinajstić information content (AvgIpc) is 3.02. The molecule has 43 heavy (non-hydrogen) atoms. The van der Waals surface area contributed by atoms with Gasteiger partial charge >= 0.3 is 6.03 Å². The van der Waals surface area contributed by atoms with Crippen LogP contribution in [-0.4, -0.2) is 24.0 Å². The van der Waals surface area contributed by atoms with Crippen LogP contribution in [0.2, 0.25) is 0 Å². The lowest BCUT2D eigenvalue weighted by atomic mass is 9.73. The topological polar surface area (TPSA) is 82.3 Å². The molecule has 1 heterocycles. The van der Waals surface area contributed by atoms with E-state index in [2.05, 4.69) is 71.5 Å². The number of amides is 3. The first-order valence-corrected chi connectivity index (χ1v) is 17.6. The maximum atomic E-state index is 13.1. The first-order valence-electron chi connectivity index (χ1n) is 17.6. The fourth-order valence-corrected chi connectivity index (χ4v) is 7.53. The molecule has 6 nitrogen and oxygen atoms in total. The Balaban J connectivity index is 1.39. The molecule has 3 amide bonds. The molecule has 1 unspecified atom stereocenters. The van der Waals surface area contributed by atoms with Gasteiger partial charge in [0.1, 0.15) is 5.82 Å². The third-order valence-corrected chi connectivity index (χ3v) is 9.99. The van der Waals surface area contributed by atoms with Gasteiger partial charge in [-0.3, -0.25) is 4.79 Å². The van der Waals surface area contributed by atoms with Crippen molar-refractivity contribution in [3.63, 3.8) is 0 Å². The second-order valence-corrected chi connectivity index (χ2v) is 13.5. The van der Waals surface area contributed by atoms with Crippen molar-refractivity contribution in [2.24, 2.45) is 11.8 Å². The number of carbonyl (C=O) groups is 2. The van der Waals surface area contributed by atoms with Crippen LogP contribution in [0.3, 0.4) is 0 Å². The van der Waals surface area contributed by atoms with E-state index < -0.39 is 0 Å². The second-order valence-electron chi connectivity index (χ2n) is 13.5. The molecule has 0 aromatic heterocycles. The van der Waals surface area contributed by atoms with Gasteiger partial charge in [-0.15, -0.1) is 0 Å². The minimum absolute atomic E-state index is 0.110. The fourth-order valence-electron chi connectivity index (χ4n) is 7.53. The Morgan fingerprint density at radius 2 is 1.72 bits per heavy atom. The summed E-state index contributed by atoms with van der Waals surface area (Å²) < 4.78 is 0. The van der Waals surface area contributed by atoms with E-state index in [1.807, 2.05) is 0 Å². The molecule has 0 bridgehead atoms. The smallest absolute Gasteiger partial charge is 0.315 e. The summed E-state index contributed by atoms with van der Waals surface area (Å²) in [5.74, 6) is 2.57. The summed E-state index contributed by atoms with van der Waals surface area (Å²) in [4.78, 5) is 25.2. The zero-order chi connectivity index (χ0) is 30.3. The van der Waals surface area contributed by atoms with Crippen LogP contribution in [0, 0.1) is 11.8 Å². The van der Waals surface area contributed by atoms with Gasteiger partial charge in [0, 0.05) is 18.6 Å². The van der Waals surface area contributed by atoms with Crippen LogP contribution in [-0.2, 0) is 24.2 Å². The van der Waals surface area contributed by atoms with Crippen molar-refractivity contribution in [3.8, 4) is 0 Å². The Hall–Kier alpha value is -2.76. The van der Waals surface area contributed by atoms with E-state index in [0.29, 0.717) is 19.5 Å². The highest BCUT2D eigenvalue weighted by atomic mass is 16.2. The minimum atomic E-state index is -0.124. The summed E-state index contributed by atoms with van der Waals surface area (Å²) in [5.41, 5.74) is 3.59. The number of aryl methyl sites for hydroxylation is 1. The summed E-state index contributed by atoms with van der Waals surface area (Å²) in [6.07, 6.45) is 27.7. The number of urea groups is 1. The van der Waals surface area contributed by atoms with Crippen molar-refractivity contribution < 1.29 is 9.59 Å². The lowest BCUT2D eigenvalue weighted by molar-refractivity contribution is -0.123. The number of allylic oxidation sites excluding steroid dienone is 3. The maximum Gasteiger partial charge on any atom is 0.315 e. The monoisotopic (exact) mass is 590 g/mol. The molecule has 2 saturated carbocycles. The average molecular weight is 591 g/mol. The standard InChI is InChI=1S/C37H58N4O2/c1-3-5-24-38-36(43)39-28-31-20-21-32(4-2)33(25-31)18-12-13-19-34-40-35(42)27-37(41-34,26-30-16-10-7-11-17-30)23-22-29-14-8-6-9-15-29/h12-13,19-21,25,29-30,41H,3-11,14-18,22-24,26-28H2,1-2H3,(H,40,42)(H2,38,39,43)/b13-12+,34-19+. The molecular weight excluding hydrogens is 532 g/mol. The molecule has 1 saturated heterocycles. The number of hydrogen-bond donors (Lipinski definition) is 4. The van der Waals surface area contributed by atoms with Crippen molar-refractivity contribution in [2.45, 2.75) is 142 Å². The van der Waals surface area contributed by atoms with Crippen LogP contribution in [0.5, 0.6) is 0 Å². The van der Waals surface area contributed by atoms with Gasteiger partial charge in [-0.05, 0) is 73.1 Å². The van der Waals surface area contributed by atoms with E-state index in [1.54, 1.807) is 0 Å². The fraction of sp³-hybridized carbons (Fsp3) is 0.676. The van der Waals surface area contributed by atoms with Gasteiger partial charge in [0.2, 0.25) is 5.91 Å². The van der Waals surface area contributed by atoms with Crippen molar-refractivity contribution in [2.75, 3.05) is 6.54 Å². The van der Waals surface area contributed by atoms with Crippen LogP contribution < -0.4 is 21.3 Å². The first kappa shape index (κ1) is 33.1. The number of hydrogen-bond acceptors (Lipinski definition) is 3. The van der Waals surface area contributed by atoms with Gasteiger partial charge in [0.05, 0.1) is 6.42 Å². The summed E-state index contributed by atoms with van der Waals surface area (Å²) in [6, 6.07) is 6.40. The molecule has 6 heteroatoms. The van der Waals surface area contributed by atoms with E-state index in [9.17, 15) is 9.59 Å². The van der Waals surface area contributed by atoms with Gasteiger partial charge in [0.15, 0.2) is 0 Å². The van der Waals surface area contributed by atoms with E-state index in [-0.39, 0.29) is 17.5 Å². The summed E-state index contributed by atoms with van der Waals surface area (Å²) in [7, 11) is 0. The molecule has 4 rings (SSSR count). The zero-order valence-corrected chi connectivity index (χ0v) is 27.1. The Bertz CT molecular complexity index is 1080. The van der Waals surface area contributed by atoms with Crippen LogP contribution in [0.4, 0.5) is 4.79 Å².